The second-order valence-corrected chi connectivity index (χ2v) is 50.9. The van der Waals surface area contributed by atoms with E-state index in [9.17, 15) is 24.0 Å². The van der Waals surface area contributed by atoms with E-state index >= 15 is 0 Å². The molecule has 148 heavy (non-hydrogen) atoms. The van der Waals surface area contributed by atoms with Crippen molar-refractivity contribution < 1.29 is 38.2 Å². The number of thiophene rings is 5. The Bertz CT molecular complexity index is 6010. The first kappa shape index (κ1) is 104. The van der Waals surface area contributed by atoms with Crippen LogP contribution in [0.5, 0.6) is 11.8 Å². The Labute approximate surface area is 893 Å². The van der Waals surface area contributed by atoms with E-state index in [0.717, 1.165) is 294 Å². The van der Waals surface area contributed by atoms with E-state index in [4.69, 9.17) is 14.2 Å². The van der Waals surface area contributed by atoms with Crippen LogP contribution in [0.4, 0.5) is 17.5 Å². The molecule has 10 aromatic heterocycles. The Hall–Kier alpha value is -8.61. The van der Waals surface area contributed by atoms with Crippen LogP contribution in [0.2, 0.25) is 0 Å². The molecule has 0 radical (unpaired) electrons. The molecular formula is C114H157N21O8S5. The number of amides is 5. The van der Waals surface area contributed by atoms with Gasteiger partial charge in [0.25, 0.3) is 0 Å². The topological polar surface area (TPSA) is 304 Å². The van der Waals surface area contributed by atoms with E-state index in [1.165, 1.54) is 251 Å². The van der Waals surface area contributed by atoms with E-state index in [-0.39, 0.29) is 36.0 Å². The largest absolute Gasteiger partial charge is 0.474 e. The lowest BCUT2D eigenvalue weighted by molar-refractivity contribution is -0.136. The standard InChI is InChI=1S/C27H38N6O2S.C22H30N4O2S.C22H30N4OS.C22H29N3O2S.C21H30N4OS/c34-23(31-12-1-2-13-31)16-33(17-24(35)32-14-3-4-15-32)20-10-8-19(9-11-20)30-26-25-21-6-5-7-22(21)36-27(25)29-18-28-26;1-25(13-19(27)26-11-2-3-12-26)15-7-9-16(10-8-15)28-21-20-17-5-4-6-18(17)29-22(20)24-14-23-21;27-19(26-12-1-2-13-26)11-8-15-6-9-16(10-7-15)25-21-20-17-4-3-5-18(17)28-22(20)24-14-23-21;26-19(25-12-1-2-13-25)11-8-15-6-9-16(10-7-15)27-21-20-17-4-3-5-18(17)28-22(20)24-14-23-21;1-25(16-9-11-26-12-10-16)15-7-5-14(6-8-15)24-20-19-17-3-2-4-18(17)27-21(19)23-13-22-20/h18-20H,1-17H2,(H,28,29,30);14-16H,2-13H2,1H3;14-16H,1-13H2,(H,23,24,25);14-16H,1-13H2;13-16H,2-12H2,1H3,(H,22,23,24). The number of rotatable bonds is 26. The first-order valence-corrected chi connectivity index (χ1v) is 61.8. The van der Waals surface area contributed by atoms with Crippen LogP contribution in [0, 0.1) is 11.8 Å². The van der Waals surface area contributed by atoms with Gasteiger partial charge in [0.05, 0.1) is 46.6 Å². The van der Waals surface area contributed by atoms with Crippen LogP contribution >= 0.6 is 56.7 Å². The molecule has 6 aliphatic heterocycles. The molecule has 34 heteroatoms. The monoisotopic (exact) mass is 2110 g/mol. The van der Waals surface area contributed by atoms with E-state index < -0.39 is 0 Å². The fourth-order valence-corrected chi connectivity index (χ4v) is 33.6. The zero-order chi connectivity index (χ0) is 100. The summed E-state index contributed by atoms with van der Waals surface area (Å²) < 4.78 is 18.3. The number of carbonyl (C=O) groups excluding carboxylic acids is 5. The molecule has 26 rings (SSSR count). The molecule has 0 unspecified atom stereocenters. The molecule has 29 nitrogen and oxygen atoms in total. The highest BCUT2D eigenvalue weighted by Gasteiger charge is 2.39. The number of hydrogen-bond acceptors (Lipinski definition) is 29. The molecule has 0 aromatic carbocycles. The fourth-order valence-electron chi connectivity index (χ4n) is 27.4. The number of anilines is 3. The predicted molar refractivity (Wildman–Crippen MR) is 592 cm³/mol. The number of ether oxygens (including phenoxy) is 3. The van der Waals surface area contributed by atoms with E-state index in [2.05, 4.69) is 104 Å². The molecule has 796 valence electrons. The molecule has 0 bridgehead atoms. The number of aryl methyl sites for hydroxylation is 10. The van der Waals surface area contributed by atoms with Crippen LogP contribution in [0.3, 0.4) is 0 Å². The summed E-state index contributed by atoms with van der Waals surface area (Å²) in [6.07, 6.45) is 66.8. The molecule has 16 aliphatic rings. The lowest BCUT2D eigenvalue weighted by Gasteiger charge is -2.40. The van der Waals surface area contributed by atoms with Crippen LogP contribution in [0.25, 0.3) is 51.1 Å². The van der Waals surface area contributed by atoms with Gasteiger partial charge in [-0.15, -0.1) is 56.7 Å². The van der Waals surface area contributed by atoms with E-state index in [0.29, 0.717) is 73.5 Å². The minimum Gasteiger partial charge on any atom is -0.474 e. The van der Waals surface area contributed by atoms with Gasteiger partial charge >= 0.3 is 0 Å². The van der Waals surface area contributed by atoms with Gasteiger partial charge < -0.3 is 59.6 Å². The maximum Gasteiger partial charge on any atom is 0.236 e. The molecule has 0 atom stereocenters. The van der Waals surface area contributed by atoms with Crippen molar-refractivity contribution in [2.45, 2.75) is 382 Å². The minimum absolute atomic E-state index is 0.191. The average Bonchev–Trinajstić information content (AvgIpc) is 1.63. The van der Waals surface area contributed by atoms with Crippen LogP contribution in [-0.4, -0.2) is 285 Å². The van der Waals surface area contributed by atoms with Gasteiger partial charge in [0.1, 0.15) is 85.5 Å². The van der Waals surface area contributed by atoms with Gasteiger partial charge in [-0.05, 0) is 368 Å². The van der Waals surface area contributed by atoms with Gasteiger partial charge in [0.2, 0.25) is 41.3 Å². The molecule has 11 fully saturated rings. The van der Waals surface area contributed by atoms with Crippen molar-refractivity contribution in [1.82, 2.24) is 89.0 Å². The highest BCUT2D eigenvalue weighted by atomic mass is 32.1. The molecule has 10 aromatic rings. The maximum absolute atomic E-state index is 13.0. The van der Waals surface area contributed by atoms with Crippen molar-refractivity contribution in [3.8, 4) is 11.8 Å². The second-order valence-electron chi connectivity index (χ2n) is 45.5. The van der Waals surface area contributed by atoms with Crippen LogP contribution in [0.15, 0.2) is 31.6 Å². The van der Waals surface area contributed by atoms with Gasteiger partial charge in [-0.1, -0.05) is 0 Å². The normalized spacial score (nSPS) is 24.8. The summed E-state index contributed by atoms with van der Waals surface area (Å²) in [7, 11) is 4.43. The summed E-state index contributed by atoms with van der Waals surface area (Å²) in [6.45, 7) is 12.4. The average molecular weight is 2110 g/mol. The number of nitrogens with zero attached hydrogens (tertiary/aromatic N) is 18. The zero-order valence-electron chi connectivity index (χ0n) is 87.8. The van der Waals surface area contributed by atoms with Crippen LogP contribution in [0.1, 0.15) is 315 Å². The van der Waals surface area contributed by atoms with Crippen molar-refractivity contribution in [1.29, 1.82) is 0 Å². The Morgan fingerprint density at radius 1 is 0.311 bits per heavy atom. The summed E-state index contributed by atoms with van der Waals surface area (Å²) in [4.78, 5) is 139. The first-order valence-electron chi connectivity index (χ1n) is 57.7. The highest BCUT2D eigenvalue weighted by Crippen LogP contribution is 2.48. The van der Waals surface area contributed by atoms with Crippen LogP contribution < -0.4 is 25.4 Å². The van der Waals surface area contributed by atoms with Crippen molar-refractivity contribution in [3.05, 3.63) is 83.8 Å². The Morgan fingerprint density at radius 2 is 0.595 bits per heavy atom. The van der Waals surface area contributed by atoms with E-state index in [1.54, 1.807) is 31.6 Å². The number of aromatic nitrogens is 10. The van der Waals surface area contributed by atoms with Crippen molar-refractivity contribution in [2.75, 3.05) is 128 Å². The maximum atomic E-state index is 13.0. The lowest BCUT2D eigenvalue weighted by Crippen LogP contribution is -2.50. The third kappa shape index (κ3) is 24.6. The van der Waals surface area contributed by atoms with Crippen molar-refractivity contribution in [2.24, 2.45) is 11.8 Å². The molecule has 3 N–H and O–H groups in total. The molecular weight excluding hydrogens is 1950 g/mol. The lowest BCUT2D eigenvalue weighted by atomic mass is 9.83. The molecule has 5 amide bonds. The third-order valence-electron chi connectivity index (χ3n) is 36.1. The summed E-state index contributed by atoms with van der Waals surface area (Å²) in [5, 5.41) is 17.5. The van der Waals surface area contributed by atoms with Gasteiger partial charge in [-0.3, -0.25) is 33.8 Å². The molecule has 10 aliphatic carbocycles. The quantitative estimate of drug-likeness (QED) is 0.0454. The number of fused-ring (bicyclic) bond motifs is 15. The number of likely N-dealkylation sites (tertiary alicyclic amines) is 5. The number of likely N-dealkylation sites (N-methyl/N-ethyl adjacent to an activating group) is 1. The predicted octanol–water partition coefficient (Wildman–Crippen LogP) is 20.0. The van der Waals surface area contributed by atoms with Gasteiger partial charge in [-0.2, -0.15) is 0 Å². The summed E-state index contributed by atoms with van der Waals surface area (Å²) in [5.41, 5.74) is 7.33. The second kappa shape index (κ2) is 49.2. The summed E-state index contributed by atoms with van der Waals surface area (Å²) in [6, 6.07) is 3.58. The first-order chi connectivity index (χ1) is 72.7. The van der Waals surface area contributed by atoms with E-state index in [1.807, 2.05) is 71.4 Å². The summed E-state index contributed by atoms with van der Waals surface area (Å²) >= 11 is 9.18. The smallest absolute Gasteiger partial charge is 0.236 e. The zero-order valence-corrected chi connectivity index (χ0v) is 91.8. The van der Waals surface area contributed by atoms with Crippen LogP contribution in [-0.2, 0) is 92.9 Å². The van der Waals surface area contributed by atoms with Gasteiger partial charge in [0.15, 0.2) is 0 Å². The number of carbonyl (C=O) groups is 5. The van der Waals surface area contributed by atoms with Gasteiger partial charge in [0, 0.05) is 158 Å². The fraction of sp³-hybridized carbons (Fsp3) is 0.693. The number of nitrogens with one attached hydrogen (secondary N) is 3. The van der Waals surface area contributed by atoms with Gasteiger partial charge in [-0.25, -0.2) is 49.8 Å². The van der Waals surface area contributed by atoms with Crippen molar-refractivity contribution in [3.63, 3.8) is 0 Å². The molecule has 0 spiro atoms. The third-order valence-corrected chi connectivity index (χ3v) is 42.1. The van der Waals surface area contributed by atoms with Crippen molar-refractivity contribution >= 4 is 155 Å². The Kier molecular flexibility index (Phi) is 34.5. The SMILES string of the molecule is CN(C1CCOCC1)C1CCC(Nc2ncnc3sc4c(c23)CCC4)CC1.CN(CC(=O)N1CCCC1)C1CCC(Oc2ncnc3sc4c(c23)CCC4)CC1.O=C(CCC1CCC(Nc2ncnc3sc4c(c23)CCC4)CC1)N1CCCC1.O=C(CCC1CCC(Oc2ncnc3sc4c(c23)CCC4)CC1)N1CCCC1.O=C(CN(CC(=O)N1CCCC1)C1CCC(Nc2ncnc3sc4c(c23)CCC4)CC1)N1CCCC1. The Morgan fingerprint density at radius 3 is 0.953 bits per heavy atom. The molecule has 6 saturated heterocycles. The molecule has 5 saturated carbocycles. The minimum atomic E-state index is 0.191. The number of hydrogen-bond donors (Lipinski definition) is 3. The highest BCUT2D eigenvalue weighted by molar-refractivity contribution is 7.20. The summed E-state index contributed by atoms with van der Waals surface area (Å²) in [5.74, 6) is 7.52. The Balaban J connectivity index is 0.000000105. The molecule has 16 heterocycles.